The summed E-state index contributed by atoms with van der Waals surface area (Å²) in [5.74, 6) is 1.28. The van der Waals surface area contributed by atoms with Gasteiger partial charge < -0.3 is 19.1 Å². The van der Waals surface area contributed by atoms with E-state index in [1.807, 2.05) is 67.6 Å². The van der Waals surface area contributed by atoms with E-state index in [0.29, 0.717) is 35.5 Å². The highest BCUT2D eigenvalue weighted by Gasteiger charge is 2.16. The fourth-order valence-corrected chi connectivity index (χ4v) is 3.25. The Balaban J connectivity index is 1.50. The molecule has 0 spiro atoms. The second-order valence-corrected chi connectivity index (χ2v) is 7.34. The number of nitrogens with one attached hydrogen (secondary N) is 1. The summed E-state index contributed by atoms with van der Waals surface area (Å²) >= 11 is 3.41. The summed E-state index contributed by atoms with van der Waals surface area (Å²) in [7, 11) is 0. The number of hydrogen-bond donors (Lipinski definition) is 1. The van der Waals surface area contributed by atoms with Crippen LogP contribution in [-0.4, -0.2) is 27.2 Å². The van der Waals surface area contributed by atoms with Gasteiger partial charge in [0.25, 0.3) is 5.89 Å². The number of ether oxygens (including phenoxy) is 1. The first-order valence-corrected chi connectivity index (χ1v) is 10.2. The van der Waals surface area contributed by atoms with E-state index in [-0.39, 0.29) is 12.5 Å². The van der Waals surface area contributed by atoms with E-state index < -0.39 is 0 Å². The second-order valence-electron chi connectivity index (χ2n) is 6.43. The highest BCUT2D eigenvalue weighted by molar-refractivity contribution is 9.10. The number of carbonyl (C=O) groups excluding carboxylic acids is 1. The molecular weight excluding hydrogens is 448 g/mol. The fraction of sp³-hybridized carbons (Fsp3) is 0.136. The van der Waals surface area contributed by atoms with Gasteiger partial charge in [-0.05, 0) is 55.5 Å². The van der Waals surface area contributed by atoms with Crippen LogP contribution in [-0.2, 0) is 11.3 Å². The zero-order valence-corrected chi connectivity index (χ0v) is 17.8. The van der Waals surface area contributed by atoms with Crippen molar-refractivity contribution in [3.05, 3.63) is 71.3 Å². The molecule has 0 unspecified atom stereocenters. The average Bonchev–Trinajstić information content (AvgIpc) is 3.39. The van der Waals surface area contributed by atoms with Gasteiger partial charge in [-0.2, -0.15) is 4.98 Å². The summed E-state index contributed by atoms with van der Waals surface area (Å²) in [6.07, 6.45) is 1.80. The molecule has 0 aliphatic heterocycles. The van der Waals surface area contributed by atoms with Gasteiger partial charge in [-0.3, -0.25) is 4.79 Å². The lowest BCUT2D eigenvalue weighted by molar-refractivity contribution is -0.116. The molecule has 0 aliphatic carbocycles. The van der Waals surface area contributed by atoms with Crippen molar-refractivity contribution in [3.8, 4) is 28.7 Å². The summed E-state index contributed by atoms with van der Waals surface area (Å²) < 4.78 is 13.7. The molecule has 4 rings (SSSR count). The van der Waals surface area contributed by atoms with Gasteiger partial charge in [-0.15, -0.1) is 0 Å². The molecule has 30 heavy (non-hydrogen) atoms. The first-order valence-electron chi connectivity index (χ1n) is 9.41. The number of anilines is 1. The molecular formula is C22H19BrN4O3. The predicted octanol–water partition coefficient (Wildman–Crippen LogP) is 5.01. The third-order valence-electron chi connectivity index (χ3n) is 4.35. The monoisotopic (exact) mass is 466 g/mol. The Labute approximate surface area is 181 Å². The van der Waals surface area contributed by atoms with Gasteiger partial charge in [0.15, 0.2) is 0 Å². The number of nitrogens with zero attached hydrogens (tertiary/aromatic N) is 3. The Hall–Kier alpha value is -3.39. The zero-order chi connectivity index (χ0) is 20.9. The third kappa shape index (κ3) is 4.44. The molecule has 1 N–H and O–H groups in total. The van der Waals surface area contributed by atoms with Gasteiger partial charge in [0.05, 0.1) is 12.3 Å². The normalized spacial score (nSPS) is 10.7. The number of benzene rings is 2. The summed E-state index contributed by atoms with van der Waals surface area (Å²) in [5.41, 5.74) is 2.14. The van der Waals surface area contributed by atoms with Crippen LogP contribution in [0, 0.1) is 0 Å². The van der Waals surface area contributed by atoms with Crippen molar-refractivity contribution in [1.82, 2.24) is 14.7 Å². The van der Waals surface area contributed by atoms with E-state index in [2.05, 4.69) is 31.4 Å². The summed E-state index contributed by atoms with van der Waals surface area (Å²) in [6, 6.07) is 18.6. The topological polar surface area (TPSA) is 82.2 Å². The van der Waals surface area contributed by atoms with E-state index in [1.54, 1.807) is 10.8 Å². The van der Waals surface area contributed by atoms with E-state index in [4.69, 9.17) is 9.26 Å². The minimum Gasteiger partial charge on any atom is -0.492 e. The molecule has 0 bridgehead atoms. The zero-order valence-electron chi connectivity index (χ0n) is 16.2. The molecule has 7 nitrogen and oxygen atoms in total. The number of hydrogen-bond acceptors (Lipinski definition) is 5. The number of rotatable bonds is 7. The molecule has 2 heterocycles. The van der Waals surface area contributed by atoms with E-state index in [0.717, 1.165) is 10.0 Å². The standard InChI is InChI=1S/C22H19BrN4O3/c1-2-29-19-8-4-3-6-17(19)24-20(28)14-27-13-5-7-18(27)22-25-21(26-30-22)15-9-11-16(23)12-10-15/h3-13H,2,14H2,1H3,(H,24,28). The van der Waals surface area contributed by atoms with Gasteiger partial charge in [0.2, 0.25) is 11.7 Å². The maximum Gasteiger partial charge on any atom is 0.274 e. The first kappa shape index (κ1) is 19.9. The fourth-order valence-electron chi connectivity index (χ4n) is 2.99. The molecule has 0 saturated carbocycles. The molecule has 8 heteroatoms. The summed E-state index contributed by atoms with van der Waals surface area (Å²) in [4.78, 5) is 17.1. The number of aromatic nitrogens is 3. The Morgan fingerprint density at radius 3 is 2.73 bits per heavy atom. The van der Waals surface area contributed by atoms with Gasteiger partial charge >= 0.3 is 0 Å². The molecule has 2 aromatic heterocycles. The Kier molecular flexibility index (Phi) is 5.94. The van der Waals surface area contributed by atoms with Crippen LogP contribution in [0.15, 0.2) is 75.9 Å². The van der Waals surface area contributed by atoms with Crippen molar-refractivity contribution >= 4 is 27.5 Å². The number of para-hydroxylation sites is 2. The van der Waals surface area contributed by atoms with Gasteiger partial charge in [0, 0.05) is 16.2 Å². The Morgan fingerprint density at radius 1 is 1.13 bits per heavy atom. The van der Waals surface area contributed by atoms with Crippen LogP contribution in [0.3, 0.4) is 0 Å². The first-order chi connectivity index (χ1) is 14.6. The third-order valence-corrected chi connectivity index (χ3v) is 4.88. The van der Waals surface area contributed by atoms with Gasteiger partial charge in [-0.1, -0.05) is 33.2 Å². The van der Waals surface area contributed by atoms with Crippen molar-refractivity contribution < 1.29 is 14.1 Å². The van der Waals surface area contributed by atoms with Crippen LogP contribution in [0.25, 0.3) is 23.0 Å². The van der Waals surface area contributed by atoms with E-state index >= 15 is 0 Å². The smallest absolute Gasteiger partial charge is 0.274 e. The lowest BCUT2D eigenvalue weighted by Crippen LogP contribution is -2.19. The minimum atomic E-state index is -0.188. The van der Waals surface area contributed by atoms with Gasteiger partial charge in [-0.25, -0.2) is 0 Å². The van der Waals surface area contributed by atoms with E-state index in [9.17, 15) is 4.79 Å². The number of halogens is 1. The van der Waals surface area contributed by atoms with Crippen LogP contribution in [0.5, 0.6) is 5.75 Å². The van der Waals surface area contributed by atoms with Crippen LogP contribution >= 0.6 is 15.9 Å². The summed E-state index contributed by atoms with van der Waals surface area (Å²) in [5, 5.41) is 6.95. The van der Waals surface area contributed by atoms with Crippen LogP contribution in [0.1, 0.15) is 6.92 Å². The highest BCUT2D eigenvalue weighted by Crippen LogP contribution is 2.25. The predicted molar refractivity (Wildman–Crippen MR) is 117 cm³/mol. The maximum absolute atomic E-state index is 12.6. The van der Waals surface area contributed by atoms with Crippen molar-refractivity contribution in [2.75, 3.05) is 11.9 Å². The maximum atomic E-state index is 12.6. The van der Waals surface area contributed by atoms with Crippen LogP contribution < -0.4 is 10.1 Å². The molecule has 1 amide bonds. The Morgan fingerprint density at radius 2 is 1.93 bits per heavy atom. The highest BCUT2D eigenvalue weighted by atomic mass is 79.9. The molecule has 0 radical (unpaired) electrons. The molecule has 0 atom stereocenters. The average molecular weight is 467 g/mol. The molecule has 0 fully saturated rings. The Bertz CT molecular complexity index is 1150. The lowest BCUT2D eigenvalue weighted by Gasteiger charge is -2.12. The SMILES string of the molecule is CCOc1ccccc1NC(=O)Cn1cccc1-c1nc(-c2ccc(Br)cc2)no1. The van der Waals surface area contributed by atoms with Crippen LogP contribution in [0.2, 0.25) is 0 Å². The summed E-state index contributed by atoms with van der Waals surface area (Å²) in [6.45, 7) is 2.52. The van der Waals surface area contributed by atoms with Crippen molar-refractivity contribution in [2.24, 2.45) is 0 Å². The molecule has 0 saturated heterocycles. The number of amides is 1. The van der Waals surface area contributed by atoms with Crippen molar-refractivity contribution in [2.45, 2.75) is 13.5 Å². The minimum absolute atomic E-state index is 0.0960. The molecule has 2 aromatic carbocycles. The molecule has 152 valence electrons. The lowest BCUT2D eigenvalue weighted by atomic mass is 10.2. The quantitative estimate of drug-likeness (QED) is 0.414. The van der Waals surface area contributed by atoms with Crippen molar-refractivity contribution in [3.63, 3.8) is 0 Å². The van der Waals surface area contributed by atoms with E-state index in [1.165, 1.54) is 0 Å². The second kappa shape index (κ2) is 8.96. The largest absolute Gasteiger partial charge is 0.492 e. The molecule has 0 aliphatic rings. The van der Waals surface area contributed by atoms with Crippen molar-refractivity contribution in [1.29, 1.82) is 0 Å². The van der Waals surface area contributed by atoms with Gasteiger partial charge in [0.1, 0.15) is 18.0 Å². The molecule has 4 aromatic rings. The number of carbonyl (C=O) groups is 1. The van der Waals surface area contributed by atoms with Crippen LogP contribution in [0.4, 0.5) is 5.69 Å².